The number of piperidine rings is 2. The first-order valence-corrected chi connectivity index (χ1v) is 15.4. The van der Waals surface area contributed by atoms with E-state index < -0.39 is 0 Å². The summed E-state index contributed by atoms with van der Waals surface area (Å²) in [6.45, 7) is 9.45. The van der Waals surface area contributed by atoms with Crippen molar-refractivity contribution in [1.29, 1.82) is 0 Å². The molecule has 1 aromatic heterocycles. The van der Waals surface area contributed by atoms with E-state index in [0.717, 1.165) is 36.1 Å². The zero-order valence-corrected chi connectivity index (χ0v) is 24.2. The van der Waals surface area contributed by atoms with Crippen molar-refractivity contribution >= 4 is 5.91 Å². The number of benzene rings is 2. The van der Waals surface area contributed by atoms with Gasteiger partial charge >= 0.3 is 0 Å². The van der Waals surface area contributed by atoms with Gasteiger partial charge in [0.25, 0.3) is 5.91 Å². The molecule has 2 aliphatic rings. The monoisotopic (exact) mass is 538 g/mol. The number of nitrogens with one attached hydrogen (secondary N) is 1. The third-order valence-corrected chi connectivity index (χ3v) is 8.96. The van der Waals surface area contributed by atoms with Crippen LogP contribution in [0.2, 0.25) is 0 Å². The van der Waals surface area contributed by atoms with Gasteiger partial charge in [0, 0.05) is 37.6 Å². The average molecular weight is 539 g/mol. The fourth-order valence-electron chi connectivity index (χ4n) is 6.37. The van der Waals surface area contributed by atoms with E-state index in [1.807, 2.05) is 24.5 Å². The lowest BCUT2D eigenvalue weighted by atomic mass is 9.86. The summed E-state index contributed by atoms with van der Waals surface area (Å²) in [5.41, 5.74) is 5.72. The van der Waals surface area contributed by atoms with E-state index >= 15 is 0 Å². The summed E-state index contributed by atoms with van der Waals surface area (Å²) in [6.07, 6.45) is 13.3. The van der Waals surface area contributed by atoms with Crippen LogP contribution in [0.25, 0.3) is 0 Å². The molecule has 0 radical (unpaired) electrons. The molecular formula is C35H46N4O. The number of rotatable bonds is 11. The topological polar surface area (TPSA) is 48.5 Å². The van der Waals surface area contributed by atoms with Crippen LogP contribution in [-0.4, -0.2) is 46.9 Å². The normalized spacial score (nSPS) is 17.6. The maximum Gasteiger partial charge on any atom is 0.251 e. The first-order valence-electron chi connectivity index (χ1n) is 15.4. The van der Waals surface area contributed by atoms with Gasteiger partial charge in [0.2, 0.25) is 0 Å². The van der Waals surface area contributed by atoms with Crippen molar-refractivity contribution < 1.29 is 4.79 Å². The third-order valence-electron chi connectivity index (χ3n) is 8.96. The van der Waals surface area contributed by atoms with Gasteiger partial charge in [0.1, 0.15) is 0 Å². The summed E-state index contributed by atoms with van der Waals surface area (Å²) in [7, 11) is 0. The van der Waals surface area contributed by atoms with E-state index in [9.17, 15) is 4.79 Å². The molecule has 5 nitrogen and oxygen atoms in total. The number of aryl methyl sites for hydroxylation is 1. The number of pyridine rings is 1. The van der Waals surface area contributed by atoms with Gasteiger partial charge in [-0.05, 0) is 112 Å². The van der Waals surface area contributed by atoms with Crippen molar-refractivity contribution in [1.82, 2.24) is 20.1 Å². The Morgan fingerprint density at radius 3 is 2.00 bits per heavy atom. The summed E-state index contributed by atoms with van der Waals surface area (Å²) in [5.74, 6) is 1.79. The molecule has 1 amide bonds. The molecule has 2 saturated heterocycles. The minimum Gasteiger partial charge on any atom is -0.348 e. The van der Waals surface area contributed by atoms with Gasteiger partial charge in [0.05, 0.1) is 0 Å². The zero-order valence-electron chi connectivity index (χ0n) is 24.2. The lowest BCUT2D eigenvalue weighted by Gasteiger charge is -2.33. The van der Waals surface area contributed by atoms with Crippen molar-refractivity contribution in [3.8, 4) is 0 Å². The molecule has 0 unspecified atom stereocenters. The van der Waals surface area contributed by atoms with Crippen LogP contribution in [0.3, 0.4) is 0 Å². The first kappa shape index (κ1) is 28.5. The van der Waals surface area contributed by atoms with Crippen molar-refractivity contribution in [2.75, 3.05) is 26.2 Å². The molecule has 2 fully saturated rings. The summed E-state index contributed by atoms with van der Waals surface area (Å²) >= 11 is 0. The van der Waals surface area contributed by atoms with Gasteiger partial charge in [-0.25, -0.2) is 0 Å². The van der Waals surface area contributed by atoms with Crippen molar-refractivity contribution in [3.63, 3.8) is 0 Å². The molecular weight excluding hydrogens is 492 g/mol. The molecule has 0 bridgehead atoms. The number of aromatic nitrogens is 1. The van der Waals surface area contributed by atoms with E-state index in [4.69, 9.17) is 0 Å². The lowest BCUT2D eigenvalue weighted by molar-refractivity contribution is 0.0950. The van der Waals surface area contributed by atoms with Gasteiger partial charge in [-0.3, -0.25) is 19.6 Å². The molecule has 0 saturated carbocycles. The summed E-state index contributed by atoms with van der Waals surface area (Å²) in [5, 5.41) is 3.07. The predicted molar refractivity (Wildman–Crippen MR) is 163 cm³/mol. The molecule has 0 aliphatic carbocycles. The van der Waals surface area contributed by atoms with Crippen molar-refractivity contribution in [2.24, 2.45) is 11.8 Å². The summed E-state index contributed by atoms with van der Waals surface area (Å²) in [4.78, 5) is 22.1. The van der Waals surface area contributed by atoms with Gasteiger partial charge in [0.15, 0.2) is 0 Å². The highest BCUT2D eigenvalue weighted by Gasteiger charge is 2.22. The number of likely N-dealkylation sites (tertiary alicyclic amines) is 2. The number of carbonyl (C=O) groups excluding carboxylic acids is 1. The number of hydrogen-bond donors (Lipinski definition) is 1. The minimum atomic E-state index is 0.000512. The van der Waals surface area contributed by atoms with Gasteiger partial charge in [-0.15, -0.1) is 0 Å². The third kappa shape index (κ3) is 8.74. The van der Waals surface area contributed by atoms with Crippen LogP contribution in [0.15, 0.2) is 73.1 Å². The van der Waals surface area contributed by atoms with E-state index in [2.05, 4.69) is 75.6 Å². The Labute approximate surface area is 241 Å². The van der Waals surface area contributed by atoms with Crippen LogP contribution in [0.5, 0.6) is 0 Å². The molecule has 5 heteroatoms. The van der Waals surface area contributed by atoms with Crippen LogP contribution in [0.1, 0.15) is 77.6 Å². The quantitative estimate of drug-likeness (QED) is 0.298. The number of hydrogen-bond acceptors (Lipinski definition) is 4. The zero-order chi connectivity index (χ0) is 27.6. The largest absolute Gasteiger partial charge is 0.348 e. The van der Waals surface area contributed by atoms with Crippen LogP contribution in [-0.2, 0) is 19.6 Å². The average Bonchev–Trinajstić information content (AvgIpc) is 2.99. The molecule has 212 valence electrons. The molecule has 3 aromatic rings. The standard InChI is InChI=1S/C35H46N4O/c1-28-8-10-31(11-9-28)25-37-35(40)34-7-3-6-33(24-34)27-39-22-16-30(17-23-39)5-2-4-29-14-20-38(21-15-29)26-32-12-18-36-19-13-32/h3,6-13,18-19,24,29-30H,2,4-5,14-17,20-23,25-27H2,1H3,(H,37,40). The molecule has 2 aliphatic heterocycles. The van der Waals surface area contributed by atoms with Crippen LogP contribution in [0.4, 0.5) is 0 Å². The fourth-order valence-corrected chi connectivity index (χ4v) is 6.37. The van der Waals surface area contributed by atoms with E-state index in [1.165, 1.54) is 87.8 Å². The molecule has 0 spiro atoms. The molecule has 2 aromatic carbocycles. The molecule has 5 rings (SSSR count). The maximum atomic E-state index is 12.7. The van der Waals surface area contributed by atoms with Crippen molar-refractivity contribution in [3.05, 3.63) is 101 Å². The highest BCUT2D eigenvalue weighted by molar-refractivity contribution is 5.94. The van der Waals surface area contributed by atoms with Gasteiger partial charge in [-0.1, -0.05) is 61.2 Å². The second-order valence-electron chi connectivity index (χ2n) is 12.1. The van der Waals surface area contributed by atoms with Gasteiger partial charge in [-0.2, -0.15) is 0 Å². The fraction of sp³-hybridized carbons (Fsp3) is 0.486. The molecule has 3 heterocycles. The Morgan fingerprint density at radius 1 is 0.775 bits per heavy atom. The van der Waals surface area contributed by atoms with E-state index in [-0.39, 0.29) is 5.91 Å². The van der Waals surface area contributed by atoms with Crippen molar-refractivity contribution in [2.45, 2.75) is 71.5 Å². The maximum absolute atomic E-state index is 12.7. The lowest BCUT2D eigenvalue weighted by Crippen LogP contribution is -2.34. The summed E-state index contributed by atoms with van der Waals surface area (Å²) in [6, 6.07) is 20.8. The Kier molecular flexibility index (Phi) is 10.4. The molecule has 40 heavy (non-hydrogen) atoms. The van der Waals surface area contributed by atoms with E-state index in [1.54, 1.807) is 0 Å². The highest BCUT2D eigenvalue weighted by atomic mass is 16.1. The second-order valence-corrected chi connectivity index (χ2v) is 12.1. The minimum absolute atomic E-state index is 0.000512. The Balaban J connectivity index is 0.966. The molecule has 0 atom stereocenters. The first-order chi connectivity index (χ1) is 19.6. The van der Waals surface area contributed by atoms with Crippen LogP contribution >= 0.6 is 0 Å². The number of nitrogens with zero attached hydrogens (tertiary/aromatic N) is 3. The Morgan fingerprint density at radius 2 is 1.38 bits per heavy atom. The second kappa shape index (κ2) is 14.6. The summed E-state index contributed by atoms with van der Waals surface area (Å²) < 4.78 is 0. The Bertz CT molecular complexity index is 1180. The van der Waals surface area contributed by atoms with E-state index in [0.29, 0.717) is 6.54 Å². The van der Waals surface area contributed by atoms with Crippen LogP contribution in [0, 0.1) is 18.8 Å². The SMILES string of the molecule is Cc1ccc(CNC(=O)c2cccc(CN3CCC(CCCC4CCN(Cc5ccncc5)CC4)CC3)c2)cc1. The van der Waals surface area contributed by atoms with Gasteiger partial charge < -0.3 is 5.32 Å². The highest BCUT2D eigenvalue weighted by Crippen LogP contribution is 2.28. The number of carbonyl (C=O) groups is 1. The number of amides is 1. The molecule has 1 N–H and O–H groups in total. The van der Waals surface area contributed by atoms with Crippen LogP contribution < -0.4 is 5.32 Å². The predicted octanol–water partition coefficient (Wildman–Crippen LogP) is 6.61. The Hall–Kier alpha value is -3.02. The smallest absolute Gasteiger partial charge is 0.251 e.